The van der Waals surface area contributed by atoms with Crippen molar-refractivity contribution < 1.29 is 4.79 Å². The summed E-state index contributed by atoms with van der Waals surface area (Å²) in [4.78, 5) is 16.2. The van der Waals surface area contributed by atoms with Gasteiger partial charge in [-0.2, -0.15) is 0 Å². The van der Waals surface area contributed by atoms with Crippen molar-refractivity contribution in [2.24, 2.45) is 11.8 Å². The first-order valence-electron chi connectivity index (χ1n) is 6.88. The highest BCUT2D eigenvalue weighted by atomic mass is 16.1. The quantitative estimate of drug-likeness (QED) is 0.760. The van der Waals surface area contributed by atoms with Gasteiger partial charge in [-0.3, -0.25) is 9.78 Å². The Hall–Kier alpha value is -1.18. The molecule has 1 atom stereocenters. The number of carbonyl (C=O) groups is 1. The zero-order valence-corrected chi connectivity index (χ0v) is 12.2. The van der Waals surface area contributed by atoms with Crippen LogP contribution in [-0.2, 0) is 11.2 Å². The second kappa shape index (κ2) is 6.67. The van der Waals surface area contributed by atoms with Gasteiger partial charge in [-0.05, 0) is 29.4 Å². The van der Waals surface area contributed by atoms with Gasteiger partial charge in [0.25, 0.3) is 0 Å². The summed E-state index contributed by atoms with van der Waals surface area (Å²) in [5.74, 6) is 1.44. The minimum Gasteiger partial charge on any atom is -0.299 e. The Morgan fingerprint density at radius 2 is 1.83 bits per heavy atom. The molecule has 0 bridgehead atoms. The highest BCUT2D eigenvalue weighted by Crippen LogP contribution is 2.17. The maximum Gasteiger partial charge on any atom is 0.136 e. The van der Waals surface area contributed by atoms with Crippen molar-refractivity contribution in [3.8, 4) is 0 Å². The molecule has 0 aliphatic rings. The molecule has 100 valence electrons. The molecule has 1 aromatic heterocycles. The predicted octanol–water partition coefficient (Wildman–Crippen LogP) is 4.00. The third-order valence-electron chi connectivity index (χ3n) is 3.65. The third kappa shape index (κ3) is 4.25. The minimum atomic E-state index is 0.159. The number of rotatable bonds is 6. The highest BCUT2D eigenvalue weighted by Gasteiger charge is 2.16. The van der Waals surface area contributed by atoms with Gasteiger partial charge in [-0.15, -0.1) is 0 Å². The van der Waals surface area contributed by atoms with Crippen LogP contribution in [0.5, 0.6) is 0 Å². The van der Waals surface area contributed by atoms with E-state index < -0.39 is 0 Å². The van der Waals surface area contributed by atoms with Crippen molar-refractivity contribution >= 4 is 5.78 Å². The van der Waals surface area contributed by atoms with Crippen LogP contribution in [-0.4, -0.2) is 10.8 Å². The van der Waals surface area contributed by atoms with Gasteiger partial charge in [0.2, 0.25) is 0 Å². The fourth-order valence-corrected chi connectivity index (χ4v) is 1.83. The Kier molecular flexibility index (Phi) is 5.52. The van der Waals surface area contributed by atoms with Crippen molar-refractivity contribution in [2.75, 3.05) is 0 Å². The summed E-state index contributed by atoms with van der Waals surface area (Å²) in [6, 6.07) is 2.17. The second-order valence-corrected chi connectivity index (χ2v) is 5.78. The number of nitrogens with zero attached hydrogens (tertiary/aromatic N) is 1. The Balaban J connectivity index is 2.58. The number of Topliss-reactive ketones (excluding diaryl/α,β-unsaturated/α-hetero) is 1. The highest BCUT2D eigenvalue weighted by molar-refractivity contribution is 5.81. The molecular formula is C16H25NO. The van der Waals surface area contributed by atoms with Crippen molar-refractivity contribution in [2.45, 2.75) is 53.4 Å². The lowest BCUT2D eigenvalue weighted by molar-refractivity contribution is -0.123. The standard InChI is InChI=1S/C16H25NO/c1-11(2)13(5)16(18)7-6-14-8-15(12(3)4)10-17-9-14/h8-13H,6-7H2,1-5H3. The molecule has 1 rings (SSSR count). The van der Waals surface area contributed by atoms with Gasteiger partial charge >= 0.3 is 0 Å². The molecule has 0 radical (unpaired) electrons. The molecule has 2 nitrogen and oxygen atoms in total. The lowest BCUT2D eigenvalue weighted by Gasteiger charge is -2.14. The molecule has 0 saturated heterocycles. The van der Waals surface area contributed by atoms with Gasteiger partial charge < -0.3 is 0 Å². The van der Waals surface area contributed by atoms with Crippen molar-refractivity contribution in [1.29, 1.82) is 0 Å². The van der Waals surface area contributed by atoms with E-state index in [1.54, 1.807) is 0 Å². The topological polar surface area (TPSA) is 30.0 Å². The predicted molar refractivity (Wildman–Crippen MR) is 75.7 cm³/mol. The van der Waals surface area contributed by atoms with E-state index in [2.05, 4.69) is 38.7 Å². The molecule has 1 aromatic rings. The number of ketones is 1. The largest absolute Gasteiger partial charge is 0.299 e. The molecule has 0 aliphatic carbocycles. The Labute approximate surface area is 111 Å². The van der Waals surface area contributed by atoms with Gasteiger partial charge in [0.1, 0.15) is 5.78 Å². The molecule has 0 aliphatic heterocycles. The molecule has 1 unspecified atom stereocenters. The number of aromatic nitrogens is 1. The van der Waals surface area contributed by atoms with E-state index in [-0.39, 0.29) is 5.92 Å². The number of pyridine rings is 1. The molecule has 0 N–H and O–H groups in total. The Morgan fingerprint density at radius 3 is 2.39 bits per heavy atom. The monoisotopic (exact) mass is 247 g/mol. The number of hydrogen-bond donors (Lipinski definition) is 0. The zero-order chi connectivity index (χ0) is 13.7. The van der Waals surface area contributed by atoms with Gasteiger partial charge in [0.05, 0.1) is 0 Å². The molecule has 0 amide bonds. The average Bonchev–Trinajstić information content (AvgIpc) is 2.35. The summed E-state index contributed by atoms with van der Waals surface area (Å²) >= 11 is 0. The molecule has 0 spiro atoms. The maximum absolute atomic E-state index is 12.0. The molecular weight excluding hydrogens is 222 g/mol. The average molecular weight is 247 g/mol. The number of hydrogen-bond acceptors (Lipinski definition) is 2. The fourth-order valence-electron chi connectivity index (χ4n) is 1.83. The lowest BCUT2D eigenvalue weighted by atomic mass is 9.90. The summed E-state index contributed by atoms with van der Waals surface area (Å²) in [6.07, 6.45) is 5.22. The first-order valence-corrected chi connectivity index (χ1v) is 6.88. The van der Waals surface area contributed by atoms with Crippen LogP contribution in [0.4, 0.5) is 0 Å². The van der Waals surface area contributed by atoms with Crippen LogP contribution < -0.4 is 0 Å². The van der Waals surface area contributed by atoms with Crippen LogP contribution in [0.1, 0.15) is 58.1 Å². The van der Waals surface area contributed by atoms with Crippen LogP contribution in [0.2, 0.25) is 0 Å². The first-order chi connectivity index (χ1) is 8.41. The number of carbonyl (C=O) groups excluding carboxylic acids is 1. The fraction of sp³-hybridized carbons (Fsp3) is 0.625. The van der Waals surface area contributed by atoms with Crippen LogP contribution in [0.25, 0.3) is 0 Å². The first kappa shape index (κ1) is 14.9. The molecule has 1 heterocycles. The van der Waals surface area contributed by atoms with E-state index in [0.717, 1.165) is 6.42 Å². The summed E-state index contributed by atoms with van der Waals surface area (Å²) in [5, 5.41) is 0. The van der Waals surface area contributed by atoms with E-state index in [1.807, 2.05) is 19.3 Å². The molecule has 2 heteroatoms. The van der Waals surface area contributed by atoms with Crippen molar-refractivity contribution in [3.63, 3.8) is 0 Å². The summed E-state index contributed by atoms with van der Waals surface area (Å²) in [7, 11) is 0. The van der Waals surface area contributed by atoms with E-state index in [0.29, 0.717) is 24.0 Å². The van der Waals surface area contributed by atoms with Crippen LogP contribution in [0, 0.1) is 11.8 Å². The van der Waals surface area contributed by atoms with Gasteiger partial charge in [0.15, 0.2) is 0 Å². The Bertz CT molecular complexity index is 396. The molecule has 0 aromatic carbocycles. The van der Waals surface area contributed by atoms with Gasteiger partial charge in [-0.1, -0.05) is 40.7 Å². The summed E-state index contributed by atoms with van der Waals surface area (Å²) in [5.41, 5.74) is 2.42. The van der Waals surface area contributed by atoms with Crippen LogP contribution >= 0.6 is 0 Å². The van der Waals surface area contributed by atoms with E-state index in [4.69, 9.17) is 0 Å². The Morgan fingerprint density at radius 1 is 1.17 bits per heavy atom. The van der Waals surface area contributed by atoms with E-state index >= 15 is 0 Å². The van der Waals surface area contributed by atoms with Crippen LogP contribution in [0.15, 0.2) is 18.5 Å². The normalized spacial score (nSPS) is 13.1. The summed E-state index contributed by atoms with van der Waals surface area (Å²) < 4.78 is 0. The lowest BCUT2D eigenvalue weighted by Crippen LogP contribution is -2.17. The molecule has 0 fully saturated rings. The number of aryl methyl sites for hydroxylation is 1. The smallest absolute Gasteiger partial charge is 0.136 e. The van der Waals surface area contributed by atoms with Crippen LogP contribution in [0.3, 0.4) is 0 Å². The van der Waals surface area contributed by atoms with Crippen molar-refractivity contribution in [3.05, 3.63) is 29.6 Å². The van der Waals surface area contributed by atoms with Gasteiger partial charge in [-0.25, -0.2) is 0 Å². The maximum atomic E-state index is 12.0. The third-order valence-corrected chi connectivity index (χ3v) is 3.65. The SMILES string of the molecule is CC(C)c1cncc(CCC(=O)C(C)C(C)C)c1. The van der Waals surface area contributed by atoms with Gasteiger partial charge in [0, 0.05) is 24.7 Å². The zero-order valence-electron chi connectivity index (χ0n) is 12.2. The van der Waals surface area contributed by atoms with Crippen molar-refractivity contribution in [1.82, 2.24) is 4.98 Å². The molecule has 18 heavy (non-hydrogen) atoms. The summed E-state index contributed by atoms with van der Waals surface area (Å²) in [6.45, 7) is 10.5. The second-order valence-electron chi connectivity index (χ2n) is 5.78. The molecule has 0 saturated carbocycles. The minimum absolute atomic E-state index is 0.159. The van der Waals surface area contributed by atoms with E-state index in [1.165, 1.54) is 11.1 Å². The van der Waals surface area contributed by atoms with E-state index in [9.17, 15) is 4.79 Å².